The SMILES string of the molecule is CC(C)(C)c1ccc2c(c1)[cH-]c1cc(C(C)(C)C)ccc12.Cc1cccc([Si](=[Zr+2])c2cccc(C)c2)c1.[C-]1=CC=CC1.[Cl-].[Cl-]. The Morgan fingerprint density at radius 3 is 1.43 bits per heavy atom. The quantitative estimate of drug-likeness (QED) is 0.194. The molecule has 4 heteroatoms. The van der Waals surface area contributed by atoms with Crippen LogP contribution in [0.25, 0.3) is 21.5 Å². The van der Waals surface area contributed by atoms with E-state index in [1.807, 2.05) is 12.2 Å². The molecule has 0 amide bonds. The van der Waals surface area contributed by atoms with Gasteiger partial charge in [0.2, 0.25) is 0 Å². The molecule has 5 aromatic rings. The molecule has 228 valence electrons. The summed E-state index contributed by atoms with van der Waals surface area (Å²) in [5, 5.41) is 8.55. The fourth-order valence-corrected chi connectivity index (χ4v) is 8.96. The van der Waals surface area contributed by atoms with Crippen molar-refractivity contribution < 1.29 is 48.1 Å². The van der Waals surface area contributed by atoms with E-state index in [1.54, 1.807) is 23.3 Å². The van der Waals surface area contributed by atoms with E-state index in [-0.39, 0.29) is 35.6 Å². The van der Waals surface area contributed by atoms with Gasteiger partial charge in [0.05, 0.1) is 0 Å². The fourth-order valence-electron chi connectivity index (χ4n) is 5.06. The molecule has 0 heterocycles. The van der Waals surface area contributed by atoms with Crippen LogP contribution in [0.5, 0.6) is 0 Å². The van der Waals surface area contributed by atoms with Crippen LogP contribution in [0.2, 0.25) is 0 Å². The standard InChI is InChI=1S/C21H25.C14H14Si.C5H5.2ClH.Zr/c1-20(2,3)16-7-9-18-14(12-16)11-15-13-17(21(4,5)6)8-10-19(15)18;1-11-5-3-7-13(9-11)15-14-8-4-6-12(2)10-14;1-2-4-5-3-1;;;/h7-13H,1-6H3;3-10H,1-2H3;1-3H,4H2;2*1H;/q-1;;-1;;;+2/p-2. The number of halogens is 2. The van der Waals surface area contributed by atoms with Crippen molar-refractivity contribution in [2.24, 2.45) is 0 Å². The van der Waals surface area contributed by atoms with Crippen LogP contribution in [0, 0.1) is 19.9 Å². The largest absolute Gasteiger partial charge is 1.00 e. The van der Waals surface area contributed by atoms with E-state index in [2.05, 4.69) is 159 Å². The van der Waals surface area contributed by atoms with Crippen molar-refractivity contribution in [1.82, 2.24) is 0 Å². The molecule has 0 fully saturated rings. The maximum absolute atomic E-state index is 2.99. The van der Waals surface area contributed by atoms with Crippen LogP contribution in [0.15, 0.2) is 109 Å². The third kappa shape index (κ3) is 10.2. The van der Waals surface area contributed by atoms with Crippen LogP contribution in [-0.4, -0.2) is 5.43 Å². The number of rotatable bonds is 2. The van der Waals surface area contributed by atoms with E-state index in [0.29, 0.717) is 0 Å². The zero-order chi connectivity index (χ0) is 30.5. The second-order valence-electron chi connectivity index (χ2n) is 13.4. The monoisotopic (exact) mass is 712 g/mol. The third-order valence-electron chi connectivity index (χ3n) is 7.64. The van der Waals surface area contributed by atoms with Gasteiger partial charge >= 0.3 is 113 Å². The summed E-state index contributed by atoms with van der Waals surface area (Å²) in [6, 6.07) is 34.1. The molecule has 0 aliphatic heterocycles. The van der Waals surface area contributed by atoms with Crippen LogP contribution in [0.4, 0.5) is 0 Å². The van der Waals surface area contributed by atoms with Crippen molar-refractivity contribution in [3.63, 3.8) is 0 Å². The van der Waals surface area contributed by atoms with Gasteiger partial charge in [0, 0.05) is 0 Å². The Hall–Kier alpha value is -2.09. The summed E-state index contributed by atoms with van der Waals surface area (Å²) in [7, 11) is 0. The molecule has 6 rings (SSSR count). The third-order valence-corrected chi connectivity index (χ3v) is 13.7. The molecule has 0 saturated heterocycles. The molecule has 5 aromatic carbocycles. The van der Waals surface area contributed by atoms with Crippen molar-refractivity contribution in [2.75, 3.05) is 0 Å². The summed E-state index contributed by atoms with van der Waals surface area (Å²) in [4.78, 5) is 0. The van der Waals surface area contributed by atoms with Crippen LogP contribution in [-0.2, 0) is 34.2 Å². The summed E-state index contributed by atoms with van der Waals surface area (Å²) >= 11 is 1.65. The first-order valence-electron chi connectivity index (χ1n) is 14.9. The number of hydrogen-bond donors (Lipinski definition) is 0. The topological polar surface area (TPSA) is 0 Å². The van der Waals surface area contributed by atoms with E-state index in [1.165, 1.54) is 54.2 Å². The first-order valence-corrected chi connectivity index (χ1v) is 20.1. The van der Waals surface area contributed by atoms with Crippen LogP contribution in [0.1, 0.15) is 70.2 Å². The van der Waals surface area contributed by atoms with E-state index in [9.17, 15) is 0 Å². The van der Waals surface area contributed by atoms with Gasteiger partial charge in [0.1, 0.15) is 0 Å². The van der Waals surface area contributed by atoms with Crippen LogP contribution in [0.3, 0.4) is 0 Å². The molecule has 0 spiro atoms. The van der Waals surface area contributed by atoms with Crippen molar-refractivity contribution in [3.05, 3.63) is 138 Å². The second-order valence-corrected chi connectivity index (χ2v) is 19.0. The van der Waals surface area contributed by atoms with E-state index >= 15 is 0 Å². The van der Waals surface area contributed by atoms with Crippen molar-refractivity contribution in [2.45, 2.75) is 72.6 Å². The van der Waals surface area contributed by atoms with Crippen LogP contribution >= 0.6 is 0 Å². The van der Waals surface area contributed by atoms with E-state index < -0.39 is 5.43 Å². The maximum atomic E-state index is 2.99. The predicted octanol–water partition coefficient (Wildman–Crippen LogP) is 3.58. The number of aryl methyl sites for hydroxylation is 2. The number of allylic oxidation sites excluding steroid dienone is 4. The summed E-state index contributed by atoms with van der Waals surface area (Å²) in [6.07, 6.45) is 10.0. The van der Waals surface area contributed by atoms with Gasteiger partial charge in [-0.2, -0.15) is 6.08 Å². The average molecular weight is 715 g/mol. The Kier molecular flexibility index (Phi) is 14.3. The molecule has 0 nitrogen and oxygen atoms in total. The molecular weight excluding hydrogens is 671 g/mol. The van der Waals surface area contributed by atoms with E-state index in [0.717, 1.165) is 6.42 Å². The molecule has 0 atom stereocenters. The van der Waals surface area contributed by atoms with Gasteiger partial charge in [-0.25, -0.2) is 12.2 Å². The molecule has 44 heavy (non-hydrogen) atoms. The van der Waals surface area contributed by atoms with Crippen LogP contribution < -0.4 is 35.2 Å². The summed E-state index contributed by atoms with van der Waals surface area (Å²) < 4.78 is 0. The normalized spacial score (nSPS) is 12.0. The number of benzene rings is 4. The maximum Gasteiger partial charge on any atom is -0.109 e. The molecule has 0 saturated carbocycles. The van der Waals surface area contributed by atoms with Gasteiger partial charge in [0.15, 0.2) is 0 Å². The second kappa shape index (κ2) is 16.5. The molecule has 0 aromatic heterocycles. The van der Waals surface area contributed by atoms with Gasteiger partial charge in [0.25, 0.3) is 0 Å². The Bertz CT molecular complexity index is 1630. The smallest absolute Gasteiger partial charge is 0.109 e. The van der Waals surface area contributed by atoms with Crippen molar-refractivity contribution >= 4 is 37.4 Å². The molecular formula is C40H44Cl2SiZr-2. The molecule has 0 bridgehead atoms. The summed E-state index contributed by atoms with van der Waals surface area (Å²) in [6.45, 7) is 18.0. The Balaban J connectivity index is 0.000000260. The zero-order valence-electron chi connectivity index (χ0n) is 27.4. The molecule has 1 aliphatic rings. The Morgan fingerprint density at radius 2 is 1.11 bits per heavy atom. The summed E-state index contributed by atoms with van der Waals surface area (Å²) in [5.41, 5.74) is 5.46. The minimum Gasteiger partial charge on any atom is -1.00 e. The fraction of sp³-hybridized carbons (Fsp3) is 0.275. The molecule has 0 unspecified atom stereocenters. The molecule has 0 radical (unpaired) electrons. The molecule has 0 N–H and O–H groups in total. The zero-order valence-corrected chi connectivity index (χ0v) is 32.3. The van der Waals surface area contributed by atoms with Gasteiger partial charge in [-0.3, -0.25) is 6.08 Å². The minimum atomic E-state index is -0.499. The van der Waals surface area contributed by atoms with Gasteiger partial charge in [-0.05, 0) is 10.8 Å². The summed E-state index contributed by atoms with van der Waals surface area (Å²) in [5.74, 6) is 0. The Morgan fingerprint density at radius 1 is 0.659 bits per heavy atom. The molecule has 1 aliphatic carbocycles. The van der Waals surface area contributed by atoms with Gasteiger partial charge in [-0.1, -0.05) is 76.9 Å². The van der Waals surface area contributed by atoms with E-state index in [4.69, 9.17) is 0 Å². The van der Waals surface area contributed by atoms with Gasteiger partial charge < -0.3 is 24.8 Å². The predicted molar refractivity (Wildman–Crippen MR) is 183 cm³/mol. The first-order chi connectivity index (χ1) is 19.8. The van der Waals surface area contributed by atoms with Gasteiger partial charge in [-0.15, -0.1) is 46.2 Å². The first kappa shape index (κ1) is 38.1. The minimum absolute atomic E-state index is 0. The Labute approximate surface area is 293 Å². The van der Waals surface area contributed by atoms with Crippen molar-refractivity contribution in [1.29, 1.82) is 0 Å². The van der Waals surface area contributed by atoms with Crippen molar-refractivity contribution in [3.8, 4) is 0 Å². The average Bonchev–Trinajstić information content (AvgIpc) is 3.63. The number of hydrogen-bond acceptors (Lipinski definition) is 0. The number of fused-ring (bicyclic) bond motifs is 3.